The van der Waals surface area contributed by atoms with Crippen molar-refractivity contribution >= 4 is 17.6 Å². The second-order valence-corrected chi connectivity index (χ2v) is 5.90. The summed E-state index contributed by atoms with van der Waals surface area (Å²) < 4.78 is 0. The van der Waals surface area contributed by atoms with Crippen molar-refractivity contribution in [1.29, 1.82) is 0 Å². The van der Waals surface area contributed by atoms with Gasteiger partial charge in [0.25, 0.3) is 0 Å². The molecular formula is C18H22ClNO3. The van der Waals surface area contributed by atoms with Crippen LogP contribution in [0.5, 0.6) is 0 Å². The Kier molecular flexibility index (Phi) is 7.75. The zero-order valence-corrected chi connectivity index (χ0v) is 14.2. The molecule has 2 atom stereocenters. The fraction of sp³-hybridized carbons (Fsp3) is 0.278. The van der Waals surface area contributed by atoms with Gasteiger partial charge in [-0.2, -0.15) is 0 Å². The van der Waals surface area contributed by atoms with Crippen LogP contribution in [0.2, 0.25) is 5.02 Å². The summed E-state index contributed by atoms with van der Waals surface area (Å²) in [5.74, 6) is -1.24. The van der Waals surface area contributed by atoms with E-state index >= 15 is 0 Å². The predicted molar refractivity (Wildman–Crippen MR) is 89.5 cm³/mol. The summed E-state index contributed by atoms with van der Waals surface area (Å²) in [6.45, 7) is 2.05. The van der Waals surface area contributed by atoms with Crippen molar-refractivity contribution in [3.8, 4) is 0 Å². The maximum Gasteiger partial charge on any atom is 0.130 e. The van der Waals surface area contributed by atoms with Gasteiger partial charge in [-0.15, -0.1) is 0 Å². The van der Waals surface area contributed by atoms with Crippen LogP contribution in [-0.4, -0.2) is 31.2 Å². The molecule has 0 amide bonds. The molecule has 4 nitrogen and oxygen atoms in total. The van der Waals surface area contributed by atoms with Gasteiger partial charge in [-0.3, -0.25) is 0 Å². The number of halogens is 1. The van der Waals surface area contributed by atoms with E-state index in [0.29, 0.717) is 0 Å². The molecule has 0 heterocycles. The topological polar surface area (TPSA) is 64.8 Å². The van der Waals surface area contributed by atoms with Crippen LogP contribution in [0.15, 0.2) is 54.6 Å². The van der Waals surface area contributed by atoms with E-state index in [-0.39, 0.29) is 22.7 Å². The molecule has 0 fully saturated rings. The van der Waals surface area contributed by atoms with Crippen molar-refractivity contribution < 1.29 is 19.9 Å². The fourth-order valence-corrected chi connectivity index (χ4v) is 2.09. The van der Waals surface area contributed by atoms with Crippen LogP contribution in [0, 0.1) is 0 Å². The van der Waals surface area contributed by atoms with Gasteiger partial charge in [0.15, 0.2) is 0 Å². The summed E-state index contributed by atoms with van der Waals surface area (Å²) in [6.07, 6.45) is -0.369. The standard InChI is InChI=1S/C11H17NO.C7H5ClO2/c1-9(12(2)3)11(13)10-7-5-4-6-8-10;8-6-4-2-1-3-5(6)7(9)10/h4-9,11,13H,1-3H3;1-4H,(H,9,10)/t9-,11-;/m0./s1. The Morgan fingerprint density at radius 1 is 1.09 bits per heavy atom. The molecule has 0 bridgehead atoms. The van der Waals surface area contributed by atoms with E-state index in [1.807, 2.05) is 37.3 Å². The number of hydrogen-bond acceptors (Lipinski definition) is 3. The Labute approximate surface area is 141 Å². The van der Waals surface area contributed by atoms with Crippen LogP contribution >= 0.6 is 11.6 Å². The minimum atomic E-state index is -1.24. The zero-order chi connectivity index (χ0) is 17.4. The van der Waals surface area contributed by atoms with E-state index in [1.54, 1.807) is 12.1 Å². The van der Waals surface area contributed by atoms with E-state index in [9.17, 15) is 15.0 Å². The molecule has 2 rings (SSSR count). The summed E-state index contributed by atoms with van der Waals surface area (Å²) in [6, 6.07) is 16.2. The number of quaternary nitrogens is 1. The number of carbonyl (C=O) groups excluding carboxylic acids is 1. The fourth-order valence-electron chi connectivity index (χ4n) is 1.88. The molecule has 0 aliphatic rings. The molecule has 0 saturated carbocycles. The Balaban J connectivity index is 0.000000238. The number of rotatable bonds is 4. The van der Waals surface area contributed by atoms with Crippen LogP contribution in [-0.2, 0) is 0 Å². The Hall–Kier alpha value is -1.88. The summed E-state index contributed by atoms with van der Waals surface area (Å²) in [7, 11) is 4.10. The third kappa shape index (κ3) is 6.02. The van der Waals surface area contributed by atoms with Crippen molar-refractivity contribution in [1.82, 2.24) is 0 Å². The van der Waals surface area contributed by atoms with Crippen LogP contribution in [0.3, 0.4) is 0 Å². The van der Waals surface area contributed by atoms with Crippen molar-refractivity contribution in [2.75, 3.05) is 14.1 Å². The van der Waals surface area contributed by atoms with E-state index in [1.165, 1.54) is 17.0 Å². The lowest BCUT2D eigenvalue weighted by atomic mass is 10.0. The summed E-state index contributed by atoms with van der Waals surface area (Å²) in [5.41, 5.74) is 1.03. The molecular weight excluding hydrogens is 314 g/mol. The zero-order valence-electron chi connectivity index (χ0n) is 13.5. The average Bonchev–Trinajstić information content (AvgIpc) is 2.55. The first-order valence-electron chi connectivity index (χ1n) is 7.33. The van der Waals surface area contributed by atoms with E-state index in [2.05, 4.69) is 14.1 Å². The van der Waals surface area contributed by atoms with Crippen LogP contribution < -0.4 is 10.0 Å². The number of benzene rings is 2. The van der Waals surface area contributed by atoms with Crippen molar-refractivity contribution in [3.63, 3.8) is 0 Å². The normalized spacial score (nSPS) is 13.0. The molecule has 5 heteroatoms. The predicted octanol–water partition coefficient (Wildman–Crippen LogP) is 0.957. The average molecular weight is 336 g/mol. The molecule has 0 unspecified atom stereocenters. The van der Waals surface area contributed by atoms with Gasteiger partial charge < -0.3 is 19.9 Å². The second kappa shape index (κ2) is 9.30. The van der Waals surface area contributed by atoms with E-state index in [0.717, 1.165) is 5.56 Å². The molecule has 2 aromatic carbocycles. The number of nitrogens with one attached hydrogen (secondary N) is 1. The highest BCUT2D eigenvalue weighted by atomic mass is 35.5. The first-order valence-corrected chi connectivity index (χ1v) is 7.71. The monoisotopic (exact) mass is 335 g/mol. The van der Waals surface area contributed by atoms with Crippen LogP contribution in [0.4, 0.5) is 0 Å². The second-order valence-electron chi connectivity index (χ2n) is 5.49. The van der Waals surface area contributed by atoms with Gasteiger partial charge in [-0.25, -0.2) is 0 Å². The van der Waals surface area contributed by atoms with Crippen LogP contribution in [0.1, 0.15) is 28.9 Å². The van der Waals surface area contributed by atoms with Crippen molar-refractivity contribution in [2.24, 2.45) is 0 Å². The Morgan fingerprint density at radius 3 is 2.04 bits per heavy atom. The highest BCUT2D eigenvalue weighted by molar-refractivity contribution is 6.33. The Morgan fingerprint density at radius 2 is 1.61 bits per heavy atom. The smallest absolute Gasteiger partial charge is 0.130 e. The number of carboxylic acids is 1. The van der Waals surface area contributed by atoms with Gasteiger partial charge in [0.1, 0.15) is 12.1 Å². The van der Waals surface area contributed by atoms with Gasteiger partial charge in [-0.1, -0.05) is 60.1 Å². The van der Waals surface area contributed by atoms with E-state index in [4.69, 9.17) is 11.6 Å². The summed E-state index contributed by atoms with van der Waals surface area (Å²) in [4.78, 5) is 11.5. The number of aromatic carboxylic acids is 1. The van der Waals surface area contributed by atoms with Crippen LogP contribution in [0.25, 0.3) is 0 Å². The quantitative estimate of drug-likeness (QED) is 0.874. The summed E-state index contributed by atoms with van der Waals surface area (Å²) >= 11 is 5.50. The van der Waals surface area contributed by atoms with Gasteiger partial charge in [-0.05, 0) is 18.6 Å². The third-order valence-corrected chi connectivity index (χ3v) is 3.95. The molecule has 2 aromatic rings. The Bertz CT molecular complexity index is 617. The van der Waals surface area contributed by atoms with Crippen molar-refractivity contribution in [2.45, 2.75) is 19.1 Å². The molecule has 0 saturated heterocycles. The largest absolute Gasteiger partial charge is 0.545 e. The van der Waals surface area contributed by atoms with Gasteiger partial charge in [0.2, 0.25) is 0 Å². The first kappa shape index (κ1) is 19.2. The highest BCUT2D eigenvalue weighted by Gasteiger charge is 2.20. The molecule has 0 aromatic heterocycles. The molecule has 0 aliphatic heterocycles. The van der Waals surface area contributed by atoms with Gasteiger partial charge in [0, 0.05) is 10.6 Å². The number of carboxylic acid groups (broad SMARTS) is 1. The van der Waals surface area contributed by atoms with Gasteiger partial charge >= 0.3 is 0 Å². The number of likely N-dealkylation sites (N-methyl/N-ethyl adjacent to an activating group) is 1. The maximum absolute atomic E-state index is 10.2. The third-order valence-electron chi connectivity index (χ3n) is 3.62. The molecule has 23 heavy (non-hydrogen) atoms. The molecule has 0 aliphatic carbocycles. The molecule has 2 N–H and O–H groups in total. The van der Waals surface area contributed by atoms with E-state index < -0.39 is 5.97 Å². The lowest BCUT2D eigenvalue weighted by Crippen LogP contribution is -3.10. The molecule has 0 spiro atoms. The SMILES string of the molecule is C[C@@H]([C@H](O)c1ccccc1)[NH+](C)C.O=C([O-])c1ccccc1Cl. The number of carbonyl (C=O) groups is 1. The molecule has 124 valence electrons. The first-order chi connectivity index (χ1) is 10.8. The van der Waals surface area contributed by atoms with Crippen molar-refractivity contribution in [3.05, 3.63) is 70.7 Å². The minimum absolute atomic E-state index is 0.0316. The lowest BCUT2D eigenvalue weighted by molar-refractivity contribution is -0.888. The number of aliphatic hydroxyl groups excluding tert-OH is 1. The van der Waals surface area contributed by atoms with Gasteiger partial charge in [0.05, 0.1) is 20.1 Å². The lowest BCUT2D eigenvalue weighted by Gasteiger charge is -2.22. The number of hydrogen-bond donors (Lipinski definition) is 2. The summed E-state index contributed by atoms with van der Waals surface area (Å²) in [5, 5.41) is 20.4. The highest BCUT2D eigenvalue weighted by Crippen LogP contribution is 2.14. The molecule has 0 radical (unpaired) electrons. The maximum atomic E-state index is 10.2. The number of aliphatic hydroxyl groups is 1. The minimum Gasteiger partial charge on any atom is -0.545 e.